The van der Waals surface area contributed by atoms with Gasteiger partial charge in [0.25, 0.3) is 0 Å². The van der Waals surface area contributed by atoms with Crippen LogP contribution in [0.4, 0.5) is 11.6 Å². The monoisotopic (exact) mass is 281 g/mol. The fourth-order valence-electron chi connectivity index (χ4n) is 1.87. The summed E-state index contributed by atoms with van der Waals surface area (Å²) in [4.78, 5) is 11.1. The smallest absolute Gasteiger partial charge is 0.158 e. The minimum Gasteiger partial charge on any atom is -0.374 e. The molecule has 0 amide bonds. The number of nitrogens with zero attached hydrogens (tertiary/aromatic N) is 3. The zero-order valence-electron chi connectivity index (χ0n) is 13.0. The van der Waals surface area contributed by atoms with Crippen LogP contribution in [0.25, 0.3) is 0 Å². The van der Waals surface area contributed by atoms with Gasteiger partial charge < -0.3 is 15.1 Å². The molecule has 0 aromatic carbocycles. The van der Waals surface area contributed by atoms with E-state index in [1.165, 1.54) is 0 Å². The van der Waals surface area contributed by atoms with Crippen molar-refractivity contribution in [3.63, 3.8) is 0 Å². The quantitative estimate of drug-likeness (QED) is 0.533. The highest BCUT2D eigenvalue weighted by atomic mass is 16.5. The van der Waals surface area contributed by atoms with Crippen LogP contribution in [0.1, 0.15) is 39.9 Å². The minimum absolute atomic E-state index is 0.403. The molecule has 20 heavy (non-hydrogen) atoms. The van der Waals surface area contributed by atoms with Gasteiger partial charge in [0, 0.05) is 25.8 Å². The van der Waals surface area contributed by atoms with Crippen LogP contribution in [0.3, 0.4) is 0 Å². The molecule has 0 saturated heterocycles. The lowest BCUT2D eigenvalue weighted by molar-refractivity contribution is 0.128. The number of hydrazine groups is 1. The van der Waals surface area contributed by atoms with Crippen LogP contribution in [0, 0.1) is 5.92 Å². The van der Waals surface area contributed by atoms with Gasteiger partial charge in [-0.15, -0.1) is 0 Å². The highest BCUT2D eigenvalue weighted by Crippen LogP contribution is 2.18. The predicted octanol–water partition coefficient (Wildman–Crippen LogP) is 2.17. The number of aromatic nitrogens is 2. The summed E-state index contributed by atoms with van der Waals surface area (Å²) in [5, 5.41) is 0. The first kappa shape index (κ1) is 16.7. The number of hydrogen-bond acceptors (Lipinski definition) is 6. The van der Waals surface area contributed by atoms with Gasteiger partial charge in [-0.3, -0.25) is 0 Å². The third-order valence-corrected chi connectivity index (χ3v) is 3.28. The molecular weight excluding hydrogens is 254 g/mol. The van der Waals surface area contributed by atoms with Crippen LogP contribution in [-0.2, 0) is 11.3 Å². The van der Waals surface area contributed by atoms with E-state index in [0.29, 0.717) is 30.8 Å². The lowest BCUT2D eigenvalue weighted by Crippen LogP contribution is -2.29. The number of hydrogen-bond donors (Lipinski definition) is 2. The molecule has 1 aromatic heterocycles. The zero-order chi connectivity index (χ0) is 15.0. The number of nitrogens with two attached hydrogens (primary N) is 1. The third-order valence-electron chi connectivity index (χ3n) is 3.28. The molecule has 1 atom stereocenters. The molecule has 0 aliphatic rings. The van der Waals surface area contributed by atoms with Gasteiger partial charge in [-0.2, -0.15) is 0 Å². The molecule has 1 aromatic rings. The molecule has 6 nitrogen and oxygen atoms in total. The first-order chi connectivity index (χ1) is 9.64. The topological polar surface area (TPSA) is 76.3 Å². The Morgan fingerprint density at radius 1 is 1.35 bits per heavy atom. The van der Waals surface area contributed by atoms with Gasteiger partial charge in [0.05, 0.1) is 0 Å². The molecule has 114 valence electrons. The van der Waals surface area contributed by atoms with Gasteiger partial charge >= 0.3 is 0 Å². The molecular formula is C14H27N5O. The summed E-state index contributed by atoms with van der Waals surface area (Å²) in [6, 6.07) is 1.88. The SMILES string of the molecule is CCOCc1nc(NN)cc(N(CC)CC(C)CC)n1. The summed E-state index contributed by atoms with van der Waals surface area (Å²) >= 11 is 0. The van der Waals surface area contributed by atoms with Crippen LogP contribution >= 0.6 is 0 Å². The Kier molecular flexibility index (Phi) is 7.25. The number of nitrogens with one attached hydrogen (secondary N) is 1. The summed E-state index contributed by atoms with van der Waals surface area (Å²) in [7, 11) is 0. The molecule has 0 fully saturated rings. The predicted molar refractivity (Wildman–Crippen MR) is 82.5 cm³/mol. The van der Waals surface area contributed by atoms with Gasteiger partial charge in [0.2, 0.25) is 0 Å². The van der Waals surface area contributed by atoms with Crippen molar-refractivity contribution in [3.8, 4) is 0 Å². The van der Waals surface area contributed by atoms with Gasteiger partial charge in [0.15, 0.2) is 5.82 Å². The van der Waals surface area contributed by atoms with E-state index in [0.717, 1.165) is 25.3 Å². The van der Waals surface area contributed by atoms with Crippen LogP contribution in [0.5, 0.6) is 0 Å². The molecule has 6 heteroatoms. The van der Waals surface area contributed by atoms with Crippen LogP contribution < -0.4 is 16.2 Å². The summed E-state index contributed by atoms with van der Waals surface area (Å²) in [5.74, 6) is 8.27. The van der Waals surface area contributed by atoms with Gasteiger partial charge in [-0.25, -0.2) is 15.8 Å². The van der Waals surface area contributed by atoms with E-state index in [1.807, 2.05) is 13.0 Å². The second-order valence-electron chi connectivity index (χ2n) is 4.86. The third kappa shape index (κ3) is 4.94. The first-order valence-electron chi connectivity index (χ1n) is 7.31. The number of rotatable bonds is 9. The average molecular weight is 281 g/mol. The average Bonchev–Trinajstić information content (AvgIpc) is 2.49. The molecule has 3 N–H and O–H groups in total. The van der Waals surface area contributed by atoms with E-state index in [-0.39, 0.29) is 0 Å². The normalized spacial score (nSPS) is 12.2. The standard InChI is InChI=1S/C14H27N5O/c1-5-11(4)9-19(6-2)14-8-12(18-15)16-13(17-14)10-20-7-3/h8,11H,5-7,9-10,15H2,1-4H3,(H,16,17,18). The van der Waals surface area contributed by atoms with Crippen molar-refractivity contribution >= 4 is 11.6 Å². The Bertz CT molecular complexity index is 399. The summed E-state index contributed by atoms with van der Waals surface area (Å²) < 4.78 is 5.38. The Morgan fingerprint density at radius 3 is 2.65 bits per heavy atom. The van der Waals surface area contributed by atoms with E-state index in [2.05, 4.69) is 41.1 Å². The van der Waals surface area contributed by atoms with Crippen LogP contribution in [-0.4, -0.2) is 29.7 Å². The van der Waals surface area contributed by atoms with Crippen LogP contribution in [0.15, 0.2) is 6.07 Å². The number of anilines is 2. The molecule has 0 aliphatic carbocycles. The van der Waals surface area contributed by atoms with E-state index in [4.69, 9.17) is 10.6 Å². The van der Waals surface area contributed by atoms with Gasteiger partial charge in [-0.05, 0) is 19.8 Å². The van der Waals surface area contributed by atoms with E-state index >= 15 is 0 Å². The van der Waals surface area contributed by atoms with Crippen molar-refractivity contribution in [2.45, 2.75) is 40.7 Å². The number of ether oxygens (including phenoxy) is 1. The molecule has 0 spiro atoms. The first-order valence-corrected chi connectivity index (χ1v) is 7.31. The summed E-state index contributed by atoms with van der Waals surface area (Å²) in [5.41, 5.74) is 2.60. The lowest BCUT2D eigenvalue weighted by Gasteiger charge is -2.25. The van der Waals surface area contributed by atoms with Crippen LogP contribution in [0.2, 0.25) is 0 Å². The molecule has 0 saturated carbocycles. The van der Waals surface area contributed by atoms with Crippen molar-refractivity contribution < 1.29 is 4.74 Å². The van der Waals surface area contributed by atoms with Crippen molar-refractivity contribution in [2.24, 2.45) is 11.8 Å². The van der Waals surface area contributed by atoms with E-state index in [1.54, 1.807) is 0 Å². The molecule has 1 rings (SSSR count). The van der Waals surface area contributed by atoms with Crippen molar-refractivity contribution in [2.75, 3.05) is 30.0 Å². The lowest BCUT2D eigenvalue weighted by atomic mass is 10.1. The van der Waals surface area contributed by atoms with Crippen molar-refractivity contribution in [3.05, 3.63) is 11.9 Å². The fraction of sp³-hybridized carbons (Fsp3) is 0.714. The maximum absolute atomic E-state index is 5.49. The van der Waals surface area contributed by atoms with Gasteiger partial charge in [0.1, 0.15) is 18.2 Å². The van der Waals surface area contributed by atoms with Gasteiger partial charge in [-0.1, -0.05) is 20.3 Å². The minimum atomic E-state index is 0.403. The van der Waals surface area contributed by atoms with Crippen molar-refractivity contribution in [1.29, 1.82) is 0 Å². The number of nitrogen functional groups attached to an aromatic ring is 1. The Balaban J connectivity index is 2.94. The molecule has 0 radical (unpaired) electrons. The molecule has 0 bridgehead atoms. The summed E-state index contributed by atoms with van der Waals surface area (Å²) in [6.07, 6.45) is 1.15. The fourth-order valence-corrected chi connectivity index (χ4v) is 1.87. The Morgan fingerprint density at radius 2 is 2.10 bits per heavy atom. The maximum atomic E-state index is 5.49. The highest BCUT2D eigenvalue weighted by Gasteiger charge is 2.12. The largest absolute Gasteiger partial charge is 0.374 e. The Hall–Kier alpha value is -1.40. The maximum Gasteiger partial charge on any atom is 0.158 e. The van der Waals surface area contributed by atoms with E-state index in [9.17, 15) is 0 Å². The molecule has 1 heterocycles. The van der Waals surface area contributed by atoms with Crippen molar-refractivity contribution in [1.82, 2.24) is 9.97 Å². The molecule has 0 aliphatic heterocycles. The second kappa shape index (κ2) is 8.71. The Labute approximate surface area is 121 Å². The second-order valence-corrected chi connectivity index (χ2v) is 4.86. The highest BCUT2D eigenvalue weighted by molar-refractivity contribution is 5.48. The summed E-state index contributed by atoms with van der Waals surface area (Å²) in [6.45, 7) is 11.4. The molecule has 1 unspecified atom stereocenters. The van der Waals surface area contributed by atoms with E-state index < -0.39 is 0 Å². The zero-order valence-corrected chi connectivity index (χ0v) is 13.0.